The van der Waals surface area contributed by atoms with Gasteiger partial charge in [-0.05, 0) is 38.1 Å². The summed E-state index contributed by atoms with van der Waals surface area (Å²) in [5.74, 6) is -0.503. The molecule has 1 heterocycles. The average molecular weight is 359 g/mol. The summed E-state index contributed by atoms with van der Waals surface area (Å²) in [5.41, 5.74) is 1.28. The molecule has 0 bridgehead atoms. The highest BCUT2D eigenvalue weighted by Gasteiger charge is 2.22. The number of ether oxygens (including phenoxy) is 1. The molecule has 0 aliphatic rings. The first-order valence-electron chi connectivity index (χ1n) is 7.71. The quantitative estimate of drug-likeness (QED) is 0.702. The number of esters is 1. The molecule has 1 N–H and O–H groups in total. The second-order valence-corrected chi connectivity index (χ2v) is 7.06. The number of benzene rings is 2. The summed E-state index contributed by atoms with van der Waals surface area (Å²) in [6, 6.07) is 13.0. The summed E-state index contributed by atoms with van der Waals surface area (Å²) in [6.45, 7) is 3.62. The molecule has 0 spiro atoms. The normalized spacial score (nSPS) is 11.4. The molecule has 0 saturated heterocycles. The number of carbonyl (C=O) groups is 1. The Balaban J connectivity index is 2.07. The monoisotopic (exact) mass is 359 g/mol. The number of sulfonamides is 1. The molecule has 6 nitrogen and oxygen atoms in total. The van der Waals surface area contributed by atoms with Crippen LogP contribution in [0, 0.1) is 6.92 Å². The number of hydrogen-bond acceptors (Lipinski definition) is 5. The van der Waals surface area contributed by atoms with Crippen molar-refractivity contribution >= 4 is 32.6 Å². The Hall–Kier alpha value is -2.80. The largest absolute Gasteiger partial charge is 0.460 e. The first-order valence-corrected chi connectivity index (χ1v) is 9.19. The van der Waals surface area contributed by atoms with Crippen LogP contribution in [0.3, 0.4) is 0 Å². The van der Waals surface area contributed by atoms with Crippen LogP contribution in [-0.4, -0.2) is 21.0 Å². The molecule has 25 heavy (non-hydrogen) atoms. The number of anilines is 1. The maximum atomic E-state index is 12.6. The van der Waals surface area contributed by atoms with E-state index in [0.717, 1.165) is 0 Å². The van der Waals surface area contributed by atoms with E-state index in [0.29, 0.717) is 22.2 Å². The molecule has 0 fully saturated rings. The second-order valence-electron chi connectivity index (χ2n) is 5.37. The van der Waals surface area contributed by atoms with Gasteiger partial charge in [-0.15, -0.1) is 0 Å². The van der Waals surface area contributed by atoms with Crippen molar-refractivity contribution < 1.29 is 22.4 Å². The van der Waals surface area contributed by atoms with Crippen LogP contribution in [0.15, 0.2) is 57.8 Å². The van der Waals surface area contributed by atoms with Crippen LogP contribution in [0.25, 0.3) is 11.0 Å². The Morgan fingerprint density at radius 3 is 2.52 bits per heavy atom. The minimum Gasteiger partial charge on any atom is -0.460 e. The van der Waals surface area contributed by atoms with Gasteiger partial charge >= 0.3 is 5.97 Å². The number of hydrogen-bond donors (Lipinski definition) is 1. The number of rotatable bonds is 5. The van der Waals surface area contributed by atoms with E-state index >= 15 is 0 Å². The molecule has 0 saturated carbocycles. The van der Waals surface area contributed by atoms with Crippen LogP contribution in [-0.2, 0) is 14.8 Å². The molecule has 0 atom stereocenters. The molecular weight excluding hydrogens is 342 g/mol. The fourth-order valence-corrected chi connectivity index (χ4v) is 3.68. The Morgan fingerprint density at radius 1 is 1.12 bits per heavy atom. The Kier molecular flexibility index (Phi) is 4.50. The fraction of sp³-hybridized carbons (Fsp3) is 0.167. The fourth-order valence-electron chi connectivity index (χ4n) is 2.58. The van der Waals surface area contributed by atoms with Crippen molar-refractivity contribution in [1.29, 1.82) is 0 Å². The van der Waals surface area contributed by atoms with E-state index in [4.69, 9.17) is 9.15 Å². The zero-order chi connectivity index (χ0) is 18.0. The molecule has 0 aliphatic heterocycles. The van der Waals surface area contributed by atoms with E-state index in [-0.39, 0.29) is 17.3 Å². The van der Waals surface area contributed by atoms with Crippen molar-refractivity contribution in [2.75, 3.05) is 11.3 Å². The molecule has 2 aromatic carbocycles. The van der Waals surface area contributed by atoms with Crippen molar-refractivity contribution in [3.8, 4) is 0 Å². The van der Waals surface area contributed by atoms with Gasteiger partial charge in [0, 0.05) is 10.9 Å². The SMILES string of the molecule is CCOC(=O)c1oc2cccc(NS(=O)(=O)c3ccccc3)c2c1C. The predicted octanol–water partition coefficient (Wildman–Crippen LogP) is 3.72. The third-order valence-electron chi connectivity index (χ3n) is 3.71. The second kappa shape index (κ2) is 6.60. The summed E-state index contributed by atoms with van der Waals surface area (Å²) in [7, 11) is -3.75. The summed E-state index contributed by atoms with van der Waals surface area (Å²) in [6.07, 6.45) is 0. The van der Waals surface area contributed by atoms with Crippen molar-refractivity contribution in [3.05, 3.63) is 59.9 Å². The van der Waals surface area contributed by atoms with E-state index in [1.165, 1.54) is 12.1 Å². The molecule has 0 radical (unpaired) electrons. The van der Waals surface area contributed by atoms with Gasteiger partial charge in [0.05, 0.1) is 17.2 Å². The number of fused-ring (bicyclic) bond motifs is 1. The first kappa shape index (κ1) is 17.0. The van der Waals surface area contributed by atoms with Gasteiger partial charge in [-0.1, -0.05) is 24.3 Å². The zero-order valence-corrected chi connectivity index (χ0v) is 14.6. The van der Waals surface area contributed by atoms with Gasteiger partial charge in [-0.2, -0.15) is 0 Å². The van der Waals surface area contributed by atoms with Crippen LogP contribution in [0.5, 0.6) is 0 Å². The molecule has 3 aromatic rings. The lowest BCUT2D eigenvalue weighted by atomic mass is 10.1. The van der Waals surface area contributed by atoms with Crippen molar-refractivity contribution in [1.82, 2.24) is 0 Å². The van der Waals surface area contributed by atoms with Crippen LogP contribution >= 0.6 is 0 Å². The molecule has 0 amide bonds. The van der Waals surface area contributed by atoms with E-state index in [2.05, 4.69) is 4.72 Å². The minimum absolute atomic E-state index is 0.0724. The van der Waals surface area contributed by atoms with Gasteiger partial charge in [0.2, 0.25) is 5.76 Å². The maximum Gasteiger partial charge on any atom is 0.374 e. The third-order valence-corrected chi connectivity index (χ3v) is 5.09. The Labute approximate surface area is 145 Å². The Bertz CT molecular complexity index is 1020. The van der Waals surface area contributed by atoms with Gasteiger partial charge in [-0.3, -0.25) is 4.72 Å². The highest BCUT2D eigenvalue weighted by atomic mass is 32.2. The predicted molar refractivity (Wildman–Crippen MR) is 94.2 cm³/mol. The minimum atomic E-state index is -3.75. The summed E-state index contributed by atoms with van der Waals surface area (Å²) in [5, 5.41) is 0.532. The number of nitrogens with one attached hydrogen (secondary N) is 1. The van der Waals surface area contributed by atoms with Gasteiger partial charge in [0.1, 0.15) is 5.58 Å². The zero-order valence-electron chi connectivity index (χ0n) is 13.8. The Morgan fingerprint density at radius 2 is 1.84 bits per heavy atom. The van der Waals surface area contributed by atoms with E-state index in [9.17, 15) is 13.2 Å². The molecule has 0 aliphatic carbocycles. The van der Waals surface area contributed by atoms with Crippen molar-refractivity contribution in [2.24, 2.45) is 0 Å². The third kappa shape index (κ3) is 3.23. The van der Waals surface area contributed by atoms with Gasteiger partial charge in [-0.25, -0.2) is 13.2 Å². The number of carbonyl (C=O) groups excluding carboxylic acids is 1. The van der Waals surface area contributed by atoms with Crippen molar-refractivity contribution in [2.45, 2.75) is 18.7 Å². The molecule has 7 heteroatoms. The molecule has 130 valence electrons. The standard InChI is InChI=1S/C18H17NO5S/c1-3-23-18(20)17-12(2)16-14(10-7-11-15(16)24-17)19-25(21,22)13-8-5-4-6-9-13/h4-11,19H,3H2,1-2H3. The topological polar surface area (TPSA) is 85.6 Å². The van der Waals surface area contributed by atoms with Gasteiger partial charge < -0.3 is 9.15 Å². The highest BCUT2D eigenvalue weighted by Crippen LogP contribution is 2.33. The molecular formula is C18H17NO5S. The molecule has 1 aromatic heterocycles. The lowest BCUT2D eigenvalue weighted by molar-refractivity contribution is 0.0491. The van der Waals surface area contributed by atoms with Crippen LogP contribution in [0.2, 0.25) is 0 Å². The van der Waals surface area contributed by atoms with Gasteiger partial charge in [0.25, 0.3) is 10.0 Å². The van der Waals surface area contributed by atoms with Crippen molar-refractivity contribution in [3.63, 3.8) is 0 Å². The summed E-state index contributed by atoms with van der Waals surface area (Å²) < 4.78 is 38.2. The number of aryl methyl sites for hydroxylation is 1. The first-order chi connectivity index (χ1) is 11.9. The van der Waals surface area contributed by atoms with E-state index in [1.54, 1.807) is 50.2 Å². The lowest BCUT2D eigenvalue weighted by Gasteiger charge is -2.09. The van der Waals surface area contributed by atoms with E-state index in [1.807, 2.05) is 0 Å². The lowest BCUT2D eigenvalue weighted by Crippen LogP contribution is -2.13. The van der Waals surface area contributed by atoms with Crippen LogP contribution < -0.4 is 4.72 Å². The van der Waals surface area contributed by atoms with E-state index < -0.39 is 16.0 Å². The number of furan rings is 1. The maximum absolute atomic E-state index is 12.6. The smallest absolute Gasteiger partial charge is 0.374 e. The summed E-state index contributed by atoms with van der Waals surface area (Å²) in [4.78, 5) is 12.2. The highest BCUT2D eigenvalue weighted by molar-refractivity contribution is 7.92. The molecule has 0 unspecified atom stereocenters. The molecule has 3 rings (SSSR count). The average Bonchev–Trinajstić information content (AvgIpc) is 2.94. The van der Waals surface area contributed by atoms with Crippen LogP contribution in [0.4, 0.5) is 5.69 Å². The summed E-state index contributed by atoms with van der Waals surface area (Å²) >= 11 is 0. The van der Waals surface area contributed by atoms with Crippen LogP contribution in [0.1, 0.15) is 23.0 Å². The van der Waals surface area contributed by atoms with Gasteiger partial charge in [0.15, 0.2) is 0 Å².